The molecular weight excluding hydrogens is 436 g/mol. The minimum atomic E-state index is -0.922. The zero-order valence-corrected chi connectivity index (χ0v) is 19.7. The fourth-order valence-electron chi connectivity index (χ4n) is 5.71. The number of carboxylic acid groups (broad SMARTS) is 2. The number of aromatic carboxylic acids is 2. The van der Waals surface area contributed by atoms with Crippen LogP contribution >= 0.6 is 0 Å². The molecule has 35 heavy (non-hydrogen) atoms. The molecule has 0 saturated heterocycles. The van der Waals surface area contributed by atoms with E-state index in [1.54, 1.807) is 12.1 Å². The summed E-state index contributed by atoms with van der Waals surface area (Å²) in [5.41, 5.74) is 8.77. The Hall–Kier alpha value is -4.18. The number of fused-ring (bicyclic) bond motifs is 3. The van der Waals surface area contributed by atoms with Gasteiger partial charge >= 0.3 is 11.9 Å². The number of carboxylic acids is 2. The molecule has 4 heteroatoms. The van der Waals surface area contributed by atoms with E-state index in [2.05, 4.69) is 48.5 Å². The van der Waals surface area contributed by atoms with Gasteiger partial charge in [-0.15, -0.1) is 0 Å². The van der Waals surface area contributed by atoms with Crippen LogP contribution in [0.1, 0.15) is 54.1 Å². The van der Waals surface area contributed by atoms with Gasteiger partial charge in [-0.2, -0.15) is 0 Å². The molecule has 4 aromatic carbocycles. The quantitative estimate of drug-likeness (QED) is 0.345. The second-order valence-corrected chi connectivity index (χ2v) is 9.44. The van der Waals surface area contributed by atoms with Gasteiger partial charge in [0.15, 0.2) is 0 Å². The van der Waals surface area contributed by atoms with Crippen LogP contribution in [0.4, 0.5) is 0 Å². The summed E-state index contributed by atoms with van der Waals surface area (Å²) < 4.78 is 0. The lowest BCUT2D eigenvalue weighted by Gasteiger charge is -2.33. The van der Waals surface area contributed by atoms with Gasteiger partial charge in [-0.1, -0.05) is 72.8 Å². The smallest absolute Gasteiger partial charge is 0.335 e. The maximum Gasteiger partial charge on any atom is 0.335 e. The molecule has 0 saturated carbocycles. The second-order valence-electron chi connectivity index (χ2n) is 9.44. The van der Waals surface area contributed by atoms with Crippen LogP contribution in [-0.2, 0) is 18.3 Å². The van der Waals surface area contributed by atoms with Crippen molar-refractivity contribution in [3.8, 4) is 11.1 Å². The second kappa shape index (κ2) is 8.55. The molecule has 1 aliphatic rings. The molecule has 2 N–H and O–H groups in total. The molecule has 0 aromatic heterocycles. The maximum absolute atomic E-state index is 11.6. The third kappa shape index (κ3) is 3.81. The number of hydrogen-bond acceptors (Lipinski definition) is 2. The largest absolute Gasteiger partial charge is 0.478 e. The highest BCUT2D eigenvalue weighted by Crippen LogP contribution is 2.52. The third-order valence-electron chi connectivity index (χ3n) is 7.23. The number of aryl methyl sites for hydroxylation is 2. The normalized spacial score (nSPS) is 13.2. The topological polar surface area (TPSA) is 74.6 Å². The standard InChI is InChI=1S/C31H26O4/c1-19-15-21(11-13-23(19)29(32)33)17-31(18-22-12-14-24(30(34)35)20(2)16-22)27-9-5-3-7-25(27)26-8-4-6-10-28(26)31/h3-16H,17-18H2,1-2H3,(H,32,33)(H,34,35). The predicted octanol–water partition coefficient (Wildman–Crippen LogP) is 6.45. The summed E-state index contributed by atoms with van der Waals surface area (Å²) in [6, 6.07) is 28.1. The average molecular weight is 463 g/mol. The first-order valence-corrected chi connectivity index (χ1v) is 11.7. The van der Waals surface area contributed by atoms with Crippen LogP contribution in [0, 0.1) is 13.8 Å². The van der Waals surface area contributed by atoms with Crippen molar-refractivity contribution < 1.29 is 19.8 Å². The van der Waals surface area contributed by atoms with Gasteiger partial charge in [0.05, 0.1) is 11.1 Å². The highest BCUT2D eigenvalue weighted by atomic mass is 16.4. The lowest BCUT2D eigenvalue weighted by Crippen LogP contribution is -2.31. The predicted molar refractivity (Wildman–Crippen MR) is 136 cm³/mol. The minimum absolute atomic E-state index is 0.315. The van der Waals surface area contributed by atoms with Gasteiger partial charge in [-0.3, -0.25) is 0 Å². The molecule has 0 spiro atoms. The van der Waals surface area contributed by atoms with Gasteiger partial charge in [0.25, 0.3) is 0 Å². The number of carbonyl (C=O) groups is 2. The molecule has 5 rings (SSSR count). The van der Waals surface area contributed by atoms with Crippen molar-refractivity contribution in [2.45, 2.75) is 32.1 Å². The van der Waals surface area contributed by atoms with Gasteiger partial charge in [0, 0.05) is 5.41 Å². The van der Waals surface area contributed by atoms with Crippen LogP contribution in [0.5, 0.6) is 0 Å². The van der Waals surface area contributed by atoms with E-state index < -0.39 is 11.9 Å². The van der Waals surface area contributed by atoms with Crippen LogP contribution in [0.25, 0.3) is 11.1 Å². The number of benzene rings is 4. The molecule has 0 amide bonds. The van der Waals surface area contributed by atoms with Crippen LogP contribution < -0.4 is 0 Å². The SMILES string of the molecule is Cc1cc(CC2(Cc3ccc(C(=O)O)c(C)c3)c3ccccc3-c3ccccc32)ccc1C(=O)O. The first-order chi connectivity index (χ1) is 16.8. The van der Waals surface area contributed by atoms with Gasteiger partial charge in [0.1, 0.15) is 0 Å². The van der Waals surface area contributed by atoms with Crippen molar-refractivity contribution in [2.75, 3.05) is 0 Å². The zero-order valence-electron chi connectivity index (χ0n) is 19.7. The Morgan fingerprint density at radius 2 is 1.03 bits per heavy atom. The Bertz CT molecular complexity index is 1370. The Balaban J connectivity index is 1.69. The molecule has 0 bridgehead atoms. The lowest BCUT2D eigenvalue weighted by atomic mass is 9.69. The fraction of sp³-hybridized carbons (Fsp3) is 0.161. The summed E-state index contributed by atoms with van der Waals surface area (Å²) in [5.74, 6) is -1.84. The van der Waals surface area contributed by atoms with Gasteiger partial charge in [-0.25, -0.2) is 9.59 Å². The first-order valence-electron chi connectivity index (χ1n) is 11.7. The van der Waals surface area contributed by atoms with E-state index in [0.717, 1.165) is 22.3 Å². The van der Waals surface area contributed by atoms with Crippen molar-refractivity contribution in [2.24, 2.45) is 0 Å². The zero-order chi connectivity index (χ0) is 24.7. The Morgan fingerprint density at radius 1 is 0.629 bits per heavy atom. The maximum atomic E-state index is 11.6. The summed E-state index contributed by atoms with van der Waals surface area (Å²) in [4.78, 5) is 23.1. The summed E-state index contributed by atoms with van der Waals surface area (Å²) >= 11 is 0. The highest BCUT2D eigenvalue weighted by Gasteiger charge is 2.43. The van der Waals surface area contributed by atoms with E-state index in [1.807, 2.05) is 38.1 Å². The lowest BCUT2D eigenvalue weighted by molar-refractivity contribution is 0.0685. The van der Waals surface area contributed by atoms with Gasteiger partial charge < -0.3 is 10.2 Å². The molecule has 0 unspecified atom stereocenters. The van der Waals surface area contributed by atoms with E-state index in [0.29, 0.717) is 24.0 Å². The Morgan fingerprint density at radius 3 is 1.40 bits per heavy atom. The van der Waals surface area contributed by atoms with Crippen LogP contribution in [-0.4, -0.2) is 22.2 Å². The van der Waals surface area contributed by atoms with Crippen molar-refractivity contribution in [3.63, 3.8) is 0 Å². The first kappa shape index (κ1) is 22.6. The van der Waals surface area contributed by atoms with E-state index in [1.165, 1.54) is 22.3 Å². The fourth-order valence-corrected chi connectivity index (χ4v) is 5.71. The van der Waals surface area contributed by atoms with Gasteiger partial charge in [0.2, 0.25) is 0 Å². The molecule has 4 aromatic rings. The highest BCUT2D eigenvalue weighted by molar-refractivity contribution is 5.90. The van der Waals surface area contributed by atoms with E-state index in [-0.39, 0.29) is 5.41 Å². The summed E-state index contributed by atoms with van der Waals surface area (Å²) in [7, 11) is 0. The molecule has 174 valence electrons. The Kier molecular flexibility index (Phi) is 5.52. The van der Waals surface area contributed by atoms with Crippen LogP contribution in [0.15, 0.2) is 84.9 Å². The molecule has 0 aliphatic heterocycles. The number of hydrogen-bond donors (Lipinski definition) is 2. The van der Waals surface area contributed by atoms with Crippen molar-refractivity contribution >= 4 is 11.9 Å². The number of rotatable bonds is 6. The minimum Gasteiger partial charge on any atom is -0.478 e. The molecule has 0 heterocycles. The summed E-state index contributed by atoms with van der Waals surface area (Å²) in [6.45, 7) is 3.67. The molecule has 1 aliphatic carbocycles. The van der Waals surface area contributed by atoms with Crippen molar-refractivity contribution in [1.82, 2.24) is 0 Å². The molecule has 0 radical (unpaired) electrons. The van der Waals surface area contributed by atoms with Crippen molar-refractivity contribution in [1.29, 1.82) is 0 Å². The average Bonchev–Trinajstić information content (AvgIpc) is 3.09. The van der Waals surface area contributed by atoms with E-state index in [4.69, 9.17) is 0 Å². The summed E-state index contributed by atoms with van der Waals surface area (Å²) in [5, 5.41) is 19.0. The molecule has 0 fully saturated rings. The Labute approximate surface area is 204 Å². The van der Waals surface area contributed by atoms with Crippen LogP contribution in [0.2, 0.25) is 0 Å². The third-order valence-corrected chi connectivity index (χ3v) is 7.23. The van der Waals surface area contributed by atoms with E-state index >= 15 is 0 Å². The van der Waals surface area contributed by atoms with Crippen LogP contribution in [0.3, 0.4) is 0 Å². The van der Waals surface area contributed by atoms with E-state index in [9.17, 15) is 19.8 Å². The molecule has 0 atom stereocenters. The van der Waals surface area contributed by atoms with Crippen molar-refractivity contribution in [3.05, 3.63) is 129 Å². The molecular formula is C31H26O4. The monoisotopic (exact) mass is 462 g/mol. The molecule has 4 nitrogen and oxygen atoms in total. The summed E-state index contributed by atoms with van der Waals surface area (Å²) in [6.07, 6.45) is 1.39. The van der Waals surface area contributed by atoms with Gasteiger partial charge in [-0.05, 0) is 83.3 Å².